The summed E-state index contributed by atoms with van der Waals surface area (Å²) in [5, 5.41) is 0.929. The number of hydrogen-bond acceptors (Lipinski definition) is 6. The van der Waals surface area contributed by atoms with Crippen LogP contribution in [0.5, 0.6) is 11.5 Å². The summed E-state index contributed by atoms with van der Waals surface area (Å²) in [7, 11) is 1.42. The summed E-state index contributed by atoms with van der Waals surface area (Å²) < 4.78 is 10.7. The largest absolute Gasteiger partial charge is 0.496 e. The number of imide groups is 1. The Morgan fingerprint density at radius 2 is 1.64 bits per heavy atom. The summed E-state index contributed by atoms with van der Waals surface area (Å²) in [6, 6.07) is 20.0. The summed E-state index contributed by atoms with van der Waals surface area (Å²) in [4.78, 5) is 54.0. The lowest BCUT2D eigenvalue weighted by Crippen LogP contribution is -2.54. The summed E-state index contributed by atoms with van der Waals surface area (Å²) in [6.07, 6.45) is -0.295. The number of carbonyl (C=O) groups is 4. The Labute approximate surface area is 208 Å². The van der Waals surface area contributed by atoms with Crippen molar-refractivity contribution in [1.29, 1.82) is 0 Å². The highest BCUT2D eigenvalue weighted by Gasteiger charge is 2.45. The monoisotopic (exact) mass is 487 g/mol. The normalized spacial score (nSPS) is 14.9. The van der Waals surface area contributed by atoms with Crippen LogP contribution in [0.25, 0.3) is 0 Å². The number of amides is 4. The van der Waals surface area contributed by atoms with E-state index in [1.165, 1.54) is 13.2 Å². The Morgan fingerprint density at radius 3 is 2.31 bits per heavy atom. The van der Waals surface area contributed by atoms with Gasteiger partial charge in [0.15, 0.2) is 0 Å². The van der Waals surface area contributed by atoms with E-state index in [-0.39, 0.29) is 17.5 Å². The van der Waals surface area contributed by atoms with E-state index in [1.54, 1.807) is 72.8 Å². The quantitative estimate of drug-likeness (QED) is 0.405. The molecule has 3 aromatic carbocycles. The van der Waals surface area contributed by atoms with E-state index in [1.807, 2.05) is 6.92 Å². The van der Waals surface area contributed by atoms with Crippen LogP contribution in [0.3, 0.4) is 0 Å². The molecular weight excluding hydrogens is 462 g/mol. The van der Waals surface area contributed by atoms with Crippen molar-refractivity contribution in [1.82, 2.24) is 10.4 Å². The molecule has 1 aliphatic heterocycles. The Kier molecular flexibility index (Phi) is 7.29. The molecule has 1 fully saturated rings. The average Bonchev–Trinajstić information content (AvgIpc) is 3.21. The topological polar surface area (TPSA) is 105 Å². The molecule has 1 N–H and O–H groups in total. The third-order valence-electron chi connectivity index (χ3n) is 5.65. The van der Waals surface area contributed by atoms with Gasteiger partial charge in [0.05, 0.1) is 31.4 Å². The molecule has 0 spiro atoms. The molecule has 184 valence electrons. The number of rotatable bonds is 7. The maximum Gasteiger partial charge on any atom is 0.273 e. The zero-order valence-electron chi connectivity index (χ0n) is 19.8. The van der Waals surface area contributed by atoms with Gasteiger partial charge >= 0.3 is 0 Å². The van der Waals surface area contributed by atoms with Gasteiger partial charge in [-0.25, -0.2) is 9.91 Å². The first-order valence-electron chi connectivity index (χ1n) is 11.4. The van der Waals surface area contributed by atoms with Crippen LogP contribution in [-0.4, -0.2) is 48.4 Å². The predicted molar refractivity (Wildman–Crippen MR) is 132 cm³/mol. The second-order valence-electron chi connectivity index (χ2n) is 7.90. The fraction of sp³-hybridized carbons (Fsp3) is 0.185. The number of hydrogen-bond donors (Lipinski definition) is 1. The van der Waals surface area contributed by atoms with Crippen LogP contribution in [0.2, 0.25) is 0 Å². The Balaban J connectivity index is 1.66. The van der Waals surface area contributed by atoms with Crippen molar-refractivity contribution in [2.75, 3.05) is 18.6 Å². The number of nitrogens with one attached hydrogen (secondary N) is 1. The molecule has 1 unspecified atom stereocenters. The highest BCUT2D eigenvalue weighted by Crippen LogP contribution is 2.28. The van der Waals surface area contributed by atoms with Gasteiger partial charge in [-0.1, -0.05) is 30.3 Å². The minimum absolute atomic E-state index is 0.172. The molecule has 36 heavy (non-hydrogen) atoms. The molecule has 0 radical (unpaired) electrons. The van der Waals surface area contributed by atoms with E-state index >= 15 is 0 Å². The van der Waals surface area contributed by atoms with E-state index < -0.39 is 29.7 Å². The minimum Gasteiger partial charge on any atom is -0.496 e. The zero-order valence-corrected chi connectivity index (χ0v) is 19.8. The van der Waals surface area contributed by atoms with Gasteiger partial charge in [0, 0.05) is 5.56 Å². The van der Waals surface area contributed by atoms with Crippen molar-refractivity contribution in [2.45, 2.75) is 19.4 Å². The molecule has 0 aliphatic carbocycles. The number of ether oxygens (including phenoxy) is 2. The molecule has 1 atom stereocenters. The van der Waals surface area contributed by atoms with E-state index in [0.29, 0.717) is 23.8 Å². The van der Waals surface area contributed by atoms with Crippen LogP contribution in [0.15, 0.2) is 78.9 Å². The van der Waals surface area contributed by atoms with E-state index in [9.17, 15) is 19.2 Å². The van der Waals surface area contributed by atoms with Gasteiger partial charge in [-0.3, -0.25) is 24.6 Å². The number of carbonyl (C=O) groups excluding carboxylic acids is 4. The standard InChI is InChI=1S/C27H25N3O6/c1-3-36-20-15-13-19(14-16-20)29-24(31)17-22(27(29)34)30(26(33)18-9-5-4-6-10-18)28-25(32)21-11-7-8-12-23(21)35-2/h4-16,22H,3,17H2,1-2H3,(H,28,32). The molecule has 3 aromatic rings. The lowest BCUT2D eigenvalue weighted by Gasteiger charge is -2.28. The summed E-state index contributed by atoms with van der Waals surface area (Å²) in [5.74, 6) is -1.51. The molecule has 1 saturated heterocycles. The van der Waals surface area contributed by atoms with Crippen LogP contribution in [0.4, 0.5) is 5.69 Å². The van der Waals surface area contributed by atoms with Gasteiger partial charge in [0.2, 0.25) is 5.91 Å². The van der Waals surface area contributed by atoms with Crippen molar-refractivity contribution in [3.8, 4) is 11.5 Å². The van der Waals surface area contributed by atoms with Crippen LogP contribution >= 0.6 is 0 Å². The van der Waals surface area contributed by atoms with E-state index in [2.05, 4.69) is 5.43 Å². The maximum atomic E-state index is 13.4. The van der Waals surface area contributed by atoms with Crippen molar-refractivity contribution in [3.05, 3.63) is 90.0 Å². The molecule has 9 heteroatoms. The Bertz CT molecular complexity index is 1280. The molecular formula is C27H25N3O6. The van der Waals surface area contributed by atoms with Crippen LogP contribution < -0.4 is 19.8 Å². The highest BCUT2D eigenvalue weighted by molar-refractivity contribution is 6.23. The second kappa shape index (κ2) is 10.7. The van der Waals surface area contributed by atoms with Gasteiger partial charge in [0.1, 0.15) is 17.5 Å². The molecule has 0 saturated carbocycles. The molecule has 9 nitrogen and oxygen atoms in total. The summed E-state index contributed by atoms with van der Waals surface area (Å²) >= 11 is 0. The van der Waals surface area contributed by atoms with Crippen LogP contribution in [-0.2, 0) is 9.59 Å². The number of para-hydroxylation sites is 1. The fourth-order valence-corrected chi connectivity index (χ4v) is 3.94. The van der Waals surface area contributed by atoms with Gasteiger partial charge in [0.25, 0.3) is 17.7 Å². The van der Waals surface area contributed by atoms with Gasteiger partial charge in [-0.05, 0) is 55.5 Å². The Morgan fingerprint density at radius 1 is 0.972 bits per heavy atom. The van der Waals surface area contributed by atoms with Gasteiger partial charge in [-0.15, -0.1) is 0 Å². The van der Waals surface area contributed by atoms with Gasteiger partial charge in [-0.2, -0.15) is 0 Å². The number of benzene rings is 3. The third kappa shape index (κ3) is 4.90. The first-order chi connectivity index (χ1) is 17.4. The summed E-state index contributed by atoms with van der Waals surface area (Å²) in [6.45, 7) is 2.33. The number of anilines is 1. The first-order valence-corrected chi connectivity index (χ1v) is 11.4. The average molecular weight is 488 g/mol. The van der Waals surface area contributed by atoms with E-state index in [0.717, 1.165) is 9.91 Å². The smallest absolute Gasteiger partial charge is 0.273 e. The van der Waals surface area contributed by atoms with Crippen molar-refractivity contribution >= 4 is 29.3 Å². The zero-order chi connectivity index (χ0) is 25.7. The minimum atomic E-state index is -1.24. The van der Waals surface area contributed by atoms with Crippen LogP contribution in [0, 0.1) is 0 Å². The number of hydrazine groups is 1. The molecule has 4 amide bonds. The highest BCUT2D eigenvalue weighted by atomic mass is 16.5. The van der Waals surface area contributed by atoms with E-state index in [4.69, 9.17) is 9.47 Å². The molecule has 1 heterocycles. The summed E-state index contributed by atoms with van der Waals surface area (Å²) in [5.41, 5.74) is 3.31. The predicted octanol–water partition coefficient (Wildman–Crippen LogP) is 3.21. The first kappa shape index (κ1) is 24.5. The van der Waals surface area contributed by atoms with Crippen molar-refractivity contribution < 1.29 is 28.7 Å². The molecule has 1 aliphatic rings. The number of nitrogens with zero attached hydrogens (tertiary/aromatic N) is 2. The SMILES string of the molecule is CCOc1ccc(N2C(=O)CC(N(NC(=O)c3ccccc3OC)C(=O)c3ccccc3)C2=O)cc1. The fourth-order valence-electron chi connectivity index (χ4n) is 3.94. The van der Waals surface area contributed by atoms with Crippen molar-refractivity contribution in [3.63, 3.8) is 0 Å². The number of methoxy groups -OCH3 is 1. The van der Waals surface area contributed by atoms with Gasteiger partial charge < -0.3 is 9.47 Å². The molecule has 0 bridgehead atoms. The molecule has 4 rings (SSSR count). The maximum absolute atomic E-state index is 13.4. The lowest BCUT2D eigenvalue weighted by molar-refractivity contribution is -0.122. The van der Waals surface area contributed by atoms with Crippen molar-refractivity contribution in [2.24, 2.45) is 0 Å². The second-order valence-corrected chi connectivity index (χ2v) is 7.90. The third-order valence-corrected chi connectivity index (χ3v) is 5.65. The van der Waals surface area contributed by atoms with Crippen LogP contribution in [0.1, 0.15) is 34.1 Å². The lowest BCUT2D eigenvalue weighted by atomic mass is 10.1. The Hall–Kier alpha value is -4.66. The molecule has 0 aromatic heterocycles.